The average Bonchev–Trinajstić information content (AvgIpc) is 3.26. The molecule has 1 saturated heterocycles. The van der Waals surface area contributed by atoms with E-state index in [9.17, 15) is 5.26 Å². The van der Waals surface area contributed by atoms with E-state index in [0.717, 1.165) is 64.4 Å². The number of hydrogen-bond donors (Lipinski definition) is 0. The van der Waals surface area contributed by atoms with Gasteiger partial charge in [0.25, 0.3) is 0 Å². The minimum Gasteiger partial charge on any atom is -0.319 e. The summed E-state index contributed by atoms with van der Waals surface area (Å²) in [5, 5.41) is 17.3. The first kappa shape index (κ1) is 20.6. The molecule has 2 heterocycles. The van der Waals surface area contributed by atoms with Gasteiger partial charge in [0.15, 0.2) is 0 Å². The van der Waals surface area contributed by atoms with Gasteiger partial charge >= 0.3 is 0 Å². The van der Waals surface area contributed by atoms with Crippen LogP contribution in [0.25, 0.3) is 16.5 Å². The number of nitrogens with zero attached hydrogens (tertiary/aromatic N) is 4. The van der Waals surface area contributed by atoms with Gasteiger partial charge in [-0.25, -0.2) is 5.01 Å². The first-order valence-electron chi connectivity index (χ1n) is 11.0. The van der Waals surface area contributed by atoms with Crippen molar-refractivity contribution in [3.8, 4) is 11.8 Å². The van der Waals surface area contributed by atoms with Crippen molar-refractivity contribution in [3.63, 3.8) is 0 Å². The van der Waals surface area contributed by atoms with Crippen LogP contribution in [0, 0.1) is 18.3 Å². The van der Waals surface area contributed by atoms with Crippen LogP contribution in [-0.2, 0) is 6.54 Å². The van der Waals surface area contributed by atoms with Crippen LogP contribution in [0.1, 0.15) is 29.7 Å². The van der Waals surface area contributed by atoms with Crippen LogP contribution in [0.2, 0.25) is 5.02 Å². The van der Waals surface area contributed by atoms with Crippen molar-refractivity contribution in [3.05, 3.63) is 94.8 Å². The number of halogens is 1. The second-order valence-corrected chi connectivity index (χ2v) is 8.80. The summed E-state index contributed by atoms with van der Waals surface area (Å²) in [5.41, 5.74) is 5.34. The van der Waals surface area contributed by atoms with E-state index >= 15 is 0 Å². The van der Waals surface area contributed by atoms with E-state index in [1.807, 2.05) is 36.4 Å². The molecule has 1 aliphatic heterocycles. The molecule has 4 nitrogen and oxygen atoms in total. The summed E-state index contributed by atoms with van der Waals surface area (Å²) in [4.78, 5) is 0. The number of hydrazine groups is 1. The largest absolute Gasteiger partial charge is 0.319 e. The Kier molecular flexibility index (Phi) is 5.61. The monoisotopic (exact) mass is 440 g/mol. The summed E-state index contributed by atoms with van der Waals surface area (Å²) in [5.74, 6) is 0. The van der Waals surface area contributed by atoms with Crippen molar-refractivity contribution in [2.24, 2.45) is 0 Å². The molecule has 0 N–H and O–H groups in total. The van der Waals surface area contributed by atoms with Crippen LogP contribution in [-0.4, -0.2) is 22.7 Å². The van der Waals surface area contributed by atoms with E-state index in [-0.39, 0.29) is 0 Å². The van der Waals surface area contributed by atoms with Crippen molar-refractivity contribution < 1.29 is 0 Å². The second-order valence-electron chi connectivity index (χ2n) is 8.36. The summed E-state index contributed by atoms with van der Waals surface area (Å²) in [6, 6.07) is 25.0. The number of hydrogen-bond acceptors (Lipinski definition) is 3. The van der Waals surface area contributed by atoms with Crippen LogP contribution < -0.4 is 5.01 Å². The van der Waals surface area contributed by atoms with Crippen LogP contribution >= 0.6 is 11.6 Å². The molecule has 1 aliphatic rings. The number of fused-ring (bicyclic) bond motifs is 1. The Bertz CT molecular complexity index is 1300. The number of rotatable bonds is 4. The topological polar surface area (TPSA) is 35.2 Å². The molecule has 0 amide bonds. The second kappa shape index (κ2) is 8.70. The number of anilines is 1. The van der Waals surface area contributed by atoms with E-state index in [2.05, 4.69) is 64.1 Å². The summed E-state index contributed by atoms with van der Waals surface area (Å²) in [6.45, 7) is 4.83. The van der Waals surface area contributed by atoms with Crippen LogP contribution in [0.15, 0.2) is 72.9 Å². The van der Waals surface area contributed by atoms with E-state index in [0.29, 0.717) is 0 Å². The van der Waals surface area contributed by atoms with Crippen molar-refractivity contribution in [1.82, 2.24) is 9.58 Å². The average molecular weight is 441 g/mol. The normalized spacial score (nSPS) is 14.6. The lowest BCUT2D eigenvalue weighted by atomic mass is 10.0. The van der Waals surface area contributed by atoms with Gasteiger partial charge in [0, 0.05) is 46.5 Å². The molecule has 0 saturated carbocycles. The Hall–Kier alpha value is -3.26. The molecule has 4 aromatic rings. The standard InChI is InChI=1S/C27H25ClN4/c1-20-15-22(28)17-24(16-20)31-13-6-7-23(31)19-30-12-4-5-14-32(30)27-11-10-21(18-29)25-8-2-3-9-26(25)27/h2-3,6-11,13,15-17H,4-5,12,14,19H2,1H3. The SMILES string of the molecule is Cc1cc(Cl)cc(-n2cccc2CN2CCCCN2c2ccc(C#N)c3ccccc23)c1. The smallest absolute Gasteiger partial charge is 0.0998 e. The molecule has 32 heavy (non-hydrogen) atoms. The fourth-order valence-corrected chi connectivity index (χ4v) is 4.98. The summed E-state index contributed by atoms with van der Waals surface area (Å²) >= 11 is 6.34. The van der Waals surface area contributed by atoms with Crippen LogP contribution in [0.5, 0.6) is 0 Å². The Morgan fingerprint density at radius 3 is 2.56 bits per heavy atom. The first-order valence-corrected chi connectivity index (χ1v) is 11.4. The molecule has 0 atom stereocenters. The molecular formula is C27H25ClN4. The predicted octanol–water partition coefficient (Wildman–Crippen LogP) is 6.48. The van der Waals surface area contributed by atoms with Gasteiger partial charge in [0.05, 0.1) is 23.9 Å². The molecule has 0 unspecified atom stereocenters. The van der Waals surface area contributed by atoms with E-state index in [1.165, 1.54) is 12.1 Å². The molecule has 160 valence electrons. The third-order valence-corrected chi connectivity index (χ3v) is 6.38. The van der Waals surface area contributed by atoms with E-state index < -0.39 is 0 Å². The molecule has 3 aromatic carbocycles. The molecule has 1 fully saturated rings. The minimum absolute atomic E-state index is 0.720. The Balaban J connectivity index is 1.51. The van der Waals surface area contributed by atoms with Gasteiger partial charge in [-0.1, -0.05) is 35.9 Å². The highest BCUT2D eigenvalue weighted by molar-refractivity contribution is 6.30. The van der Waals surface area contributed by atoms with Gasteiger partial charge in [0.2, 0.25) is 0 Å². The molecule has 1 aromatic heterocycles. The van der Waals surface area contributed by atoms with Crippen molar-refractivity contribution in [2.75, 3.05) is 18.1 Å². The zero-order valence-electron chi connectivity index (χ0n) is 18.1. The zero-order valence-corrected chi connectivity index (χ0v) is 18.9. The van der Waals surface area contributed by atoms with E-state index in [1.54, 1.807) is 0 Å². The minimum atomic E-state index is 0.720. The highest BCUT2D eigenvalue weighted by Crippen LogP contribution is 2.33. The number of benzene rings is 3. The molecule has 5 heteroatoms. The molecule has 0 radical (unpaired) electrons. The lowest BCUT2D eigenvalue weighted by molar-refractivity contribution is 0.202. The zero-order chi connectivity index (χ0) is 22.1. The van der Waals surface area contributed by atoms with Gasteiger partial charge in [-0.2, -0.15) is 5.26 Å². The van der Waals surface area contributed by atoms with Gasteiger partial charge in [0.1, 0.15) is 0 Å². The number of nitriles is 1. The van der Waals surface area contributed by atoms with Crippen LogP contribution in [0.4, 0.5) is 5.69 Å². The summed E-state index contributed by atoms with van der Waals surface area (Å²) in [7, 11) is 0. The highest BCUT2D eigenvalue weighted by Gasteiger charge is 2.23. The van der Waals surface area contributed by atoms with Crippen molar-refractivity contribution in [1.29, 1.82) is 5.26 Å². The molecule has 0 spiro atoms. The lowest BCUT2D eigenvalue weighted by Gasteiger charge is -2.41. The molecule has 0 aliphatic carbocycles. The Morgan fingerprint density at radius 2 is 1.75 bits per heavy atom. The Labute approximate surface area is 193 Å². The predicted molar refractivity (Wildman–Crippen MR) is 131 cm³/mol. The maximum absolute atomic E-state index is 9.55. The third-order valence-electron chi connectivity index (χ3n) is 6.16. The van der Waals surface area contributed by atoms with Crippen molar-refractivity contribution >= 4 is 28.1 Å². The molecule has 5 rings (SSSR count). The molecular weight excluding hydrogens is 416 g/mol. The fourth-order valence-electron chi connectivity index (χ4n) is 4.70. The summed E-state index contributed by atoms with van der Waals surface area (Å²) in [6.07, 6.45) is 4.42. The summed E-state index contributed by atoms with van der Waals surface area (Å²) < 4.78 is 2.22. The highest BCUT2D eigenvalue weighted by atomic mass is 35.5. The van der Waals surface area contributed by atoms with Gasteiger partial charge in [-0.05, 0) is 67.8 Å². The Morgan fingerprint density at radius 1 is 0.938 bits per heavy atom. The first-order chi connectivity index (χ1) is 15.6. The maximum atomic E-state index is 9.55. The van der Waals surface area contributed by atoms with Gasteiger partial charge < -0.3 is 9.58 Å². The fraction of sp³-hybridized carbons (Fsp3) is 0.222. The molecule has 0 bridgehead atoms. The lowest BCUT2D eigenvalue weighted by Crippen LogP contribution is -2.47. The maximum Gasteiger partial charge on any atom is 0.0998 e. The number of aromatic nitrogens is 1. The quantitative estimate of drug-likeness (QED) is 0.364. The third kappa shape index (κ3) is 3.86. The van der Waals surface area contributed by atoms with Crippen LogP contribution in [0.3, 0.4) is 0 Å². The van der Waals surface area contributed by atoms with Gasteiger partial charge in [-0.3, -0.25) is 0 Å². The van der Waals surface area contributed by atoms with Crippen molar-refractivity contribution in [2.45, 2.75) is 26.3 Å². The van der Waals surface area contributed by atoms with Gasteiger partial charge in [-0.15, -0.1) is 0 Å². The number of aryl methyl sites for hydroxylation is 1. The van der Waals surface area contributed by atoms with E-state index in [4.69, 9.17) is 11.6 Å².